The van der Waals surface area contributed by atoms with Crippen molar-refractivity contribution in [2.24, 2.45) is 5.92 Å². The SMILES string of the molecule is COCCN1CCC(CN(Cc2ccncc2)Cc2ccc(C)o2)CC1. The lowest BCUT2D eigenvalue weighted by atomic mass is 9.96. The maximum absolute atomic E-state index is 5.83. The lowest BCUT2D eigenvalue weighted by molar-refractivity contribution is 0.102. The molecular weight excluding hydrogens is 326 g/mol. The fraction of sp³-hybridized carbons (Fsp3) is 0.571. The van der Waals surface area contributed by atoms with Gasteiger partial charge in [0.15, 0.2) is 0 Å². The number of ether oxygens (including phenoxy) is 1. The number of furan rings is 1. The maximum atomic E-state index is 5.83. The summed E-state index contributed by atoms with van der Waals surface area (Å²) in [4.78, 5) is 9.17. The average molecular weight is 357 g/mol. The molecule has 2 aromatic rings. The van der Waals surface area contributed by atoms with E-state index >= 15 is 0 Å². The van der Waals surface area contributed by atoms with E-state index in [1.807, 2.05) is 25.4 Å². The highest BCUT2D eigenvalue weighted by Crippen LogP contribution is 2.21. The topological polar surface area (TPSA) is 41.7 Å². The lowest BCUT2D eigenvalue weighted by Gasteiger charge is -2.34. The third-order valence-electron chi connectivity index (χ3n) is 5.17. The Morgan fingerprint density at radius 2 is 1.92 bits per heavy atom. The smallest absolute Gasteiger partial charge is 0.118 e. The van der Waals surface area contributed by atoms with Gasteiger partial charge < -0.3 is 14.1 Å². The Kier molecular flexibility index (Phi) is 7.23. The molecule has 26 heavy (non-hydrogen) atoms. The molecule has 142 valence electrons. The van der Waals surface area contributed by atoms with Gasteiger partial charge in [-0.15, -0.1) is 0 Å². The first-order valence-electron chi connectivity index (χ1n) is 9.61. The number of piperidine rings is 1. The second kappa shape index (κ2) is 9.86. The molecule has 0 spiro atoms. The number of pyridine rings is 1. The molecule has 1 fully saturated rings. The molecule has 3 rings (SSSR count). The van der Waals surface area contributed by atoms with Crippen LogP contribution in [0.5, 0.6) is 0 Å². The van der Waals surface area contributed by atoms with Crippen LogP contribution >= 0.6 is 0 Å². The first-order chi connectivity index (χ1) is 12.7. The lowest BCUT2D eigenvalue weighted by Crippen LogP contribution is -2.39. The van der Waals surface area contributed by atoms with Crippen molar-refractivity contribution < 1.29 is 9.15 Å². The van der Waals surface area contributed by atoms with Crippen LogP contribution in [-0.4, -0.2) is 54.7 Å². The van der Waals surface area contributed by atoms with Crippen LogP contribution < -0.4 is 0 Å². The number of likely N-dealkylation sites (tertiary alicyclic amines) is 1. The molecule has 0 aromatic carbocycles. The second-order valence-corrected chi connectivity index (χ2v) is 7.32. The monoisotopic (exact) mass is 357 g/mol. The average Bonchev–Trinajstić information content (AvgIpc) is 3.06. The molecule has 0 unspecified atom stereocenters. The number of rotatable bonds is 9. The Labute approximate surface area is 157 Å². The second-order valence-electron chi connectivity index (χ2n) is 7.32. The van der Waals surface area contributed by atoms with Crippen LogP contribution in [0.4, 0.5) is 0 Å². The van der Waals surface area contributed by atoms with Gasteiger partial charge in [0.1, 0.15) is 11.5 Å². The van der Waals surface area contributed by atoms with Gasteiger partial charge in [0.2, 0.25) is 0 Å². The van der Waals surface area contributed by atoms with Crippen LogP contribution in [-0.2, 0) is 17.8 Å². The largest absolute Gasteiger partial charge is 0.465 e. The van der Waals surface area contributed by atoms with E-state index in [0.29, 0.717) is 0 Å². The Morgan fingerprint density at radius 3 is 2.58 bits per heavy atom. The molecule has 0 atom stereocenters. The van der Waals surface area contributed by atoms with Crippen molar-refractivity contribution >= 4 is 0 Å². The highest BCUT2D eigenvalue weighted by molar-refractivity contribution is 5.10. The van der Waals surface area contributed by atoms with Gasteiger partial charge in [-0.05, 0) is 68.6 Å². The summed E-state index contributed by atoms with van der Waals surface area (Å²) in [6.07, 6.45) is 6.26. The molecule has 0 amide bonds. The molecule has 0 radical (unpaired) electrons. The predicted octanol–water partition coefficient (Wildman–Crippen LogP) is 3.34. The quantitative estimate of drug-likeness (QED) is 0.688. The summed E-state index contributed by atoms with van der Waals surface area (Å²) in [6, 6.07) is 8.36. The van der Waals surface area contributed by atoms with E-state index in [9.17, 15) is 0 Å². The highest BCUT2D eigenvalue weighted by atomic mass is 16.5. The van der Waals surface area contributed by atoms with Gasteiger partial charge in [-0.1, -0.05) is 0 Å². The van der Waals surface area contributed by atoms with Gasteiger partial charge in [-0.3, -0.25) is 9.88 Å². The minimum Gasteiger partial charge on any atom is -0.465 e. The summed E-state index contributed by atoms with van der Waals surface area (Å²) in [5.41, 5.74) is 1.31. The van der Waals surface area contributed by atoms with Gasteiger partial charge in [0, 0.05) is 39.1 Å². The summed E-state index contributed by atoms with van der Waals surface area (Å²) in [6.45, 7) is 9.15. The summed E-state index contributed by atoms with van der Waals surface area (Å²) >= 11 is 0. The van der Waals surface area contributed by atoms with Gasteiger partial charge >= 0.3 is 0 Å². The van der Waals surface area contributed by atoms with Crippen molar-refractivity contribution in [3.63, 3.8) is 0 Å². The Hall–Kier alpha value is -1.69. The van der Waals surface area contributed by atoms with Gasteiger partial charge in [-0.2, -0.15) is 0 Å². The molecule has 1 aliphatic rings. The number of aryl methyl sites for hydroxylation is 1. The molecule has 0 N–H and O–H groups in total. The van der Waals surface area contributed by atoms with Crippen LogP contribution in [0.1, 0.15) is 29.9 Å². The van der Waals surface area contributed by atoms with Crippen LogP contribution in [0.15, 0.2) is 41.1 Å². The molecule has 1 aliphatic heterocycles. The van der Waals surface area contributed by atoms with E-state index < -0.39 is 0 Å². The minimum atomic E-state index is 0.742. The summed E-state index contributed by atoms with van der Waals surface area (Å²) in [5.74, 6) is 2.77. The van der Waals surface area contributed by atoms with E-state index in [-0.39, 0.29) is 0 Å². The van der Waals surface area contributed by atoms with Crippen molar-refractivity contribution in [1.29, 1.82) is 0 Å². The fourth-order valence-corrected chi connectivity index (χ4v) is 3.70. The zero-order valence-corrected chi connectivity index (χ0v) is 16.1. The van der Waals surface area contributed by atoms with Crippen LogP contribution in [0.2, 0.25) is 0 Å². The van der Waals surface area contributed by atoms with Crippen molar-refractivity contribution in [1.82, 2.24) is 14.8 Å². The molecular formula is C21H31N3O2. The molecule has 0 aliphatic carbocycles. The van der Waals surface area contributed by atoms with E-state index in [0.717, 1.165) is 50.2 Å². The van der Waals surface area contributed by atoms with Crippen LogP contribution in [0.25, 0.3) is 0 Å². The first kappa shape index (κ1) is 19.1. The molecule has 3 heterocycles. The summed E-state index contributed by atoms with van der Waals surface area (Å²) < 4.78 is 11.0. The summed E-state index contributed by atoms with van der Waals surface area (Å²) in [5, 5.41) is 0. The van der Waals surface area contributed by atoms with Crippen molar-refractivity contribution in [3.8, 4) is 0 Å². The molecule has 5 heteroatoms. The third-order valence-corrected chi connectivity index (χ3v) is 5.17. The van der Waals surface area contributed by atoms with E-state index in [2.05, 4.69) is 33.0 Å². The van der Waals surface area contributed by atoms with Gasteiger partial charge in [-0.25, -0.2) is 0 Å². The van der Waals surface area contributed by atoms with Gasteiger partial charge in [0.25, 0.3) is 0 Å². The number of hydrogen-bond donors (Lipinski definition) is 0. The van der Waals surface area contributed by atoms with E-state index in [1.165, 1.54) is 31.5 Å². The Bertz CT molecular complexity index is 636. The minimum absolute atomic E-state index is 0.742. The normalized spacial score (nSPS) is 16.4. The number of hydrogen-bond acceptors (Lipinski definition) is 5. The van der Waals surface area contributed by atoms with Gasteiger partial charge in [0.05, 0.1) is 13.2 Å². The first-order valence-corrected chi connectivity index (χ1v) is 9.61. The van der Waals surface area contributed by atoms with E-state index in [1.54, 1.807) is 7.11 Å². The Morgan fingerprint density at radius 1 is 1.15 bits per heavy atom. The molecule has 2 aromatic heterocycles. The van der Waals surface area contributed by atoms with Crippen molar-refractivity contribution in [3.05, 3.63) is 53.7 Å². The van der Waals surface area contributed by atoms with E-state index in [4.69, 9.17) is 9.15 Å². The molecule has 5 nitrogen and oxygen atoms in total. The molecule has 0 saturated carbocycles. The standard InChI is InChI=1S/C21H31N3O2/c1-18-3-4-21(26-18)17-24(15-19-5-9-22-10-6-19)16-20-7-11-23(12-8-20)13-14-25-2/h3-6,9-10,20H,7-8,11-17H2,1-2H3. The number of nitrogens with zero attached hydrogens (tertiary/aromatic N) is 3. The van der Waals surface area contributed by atoms with Crippen LogP contribution in [0, 0.1) is 12.8 Å². The predicted molar refractivity (Wildman–Crippen MR) is 103 cm³/mol. The zero-order chi connectivity index (χ0) is 18.2. The highest BCUT2D eigenvalue weighted by Gasteiger charge is 2.22. The molecule has 1 saturated heterocycles. The number of aromatic nitrogens is 1. The number of methoxy groups -OCH3 is 1. The van der Waals surface area contributed by atoms with Crippen molar-refractivity contribution in [2.45, 2.75) is 32.9 Å². The van der Waals surface area contributed by atoms with Crippen LogP contribution in [0.3, 0.4) is 0 Å². The third kappa shape index (κ3) is 5.94. The molecule has 0 bridgehead atoms. The summed E-state index contributed by atoms with van der Waals surface area (Å²) in [7, 11) is 1.78. The Balaban J connectivity index is 1.56. The zero-order valence-electron chi connectivity index (χ0n) is 16.1. The van der Waals surface area contributed by atoms with Crippen molar-refractivity contribution in [2.75, 3.05) is 39.9 Å². The maximum Gasteiger partial charge on any atom is 0.118 e. The fourth-order valence-electron chi connectivity index (χ4n) is 3.70.